The van der Waals surface area contributed by atoms with Crippen LogP contribution < -0.4 is 10.2 Å². The summed E-state index contributed by atoms with van der Waals surface area (Å²) in [5.41, 5.74) is 0.547. The molecule has 0 radical (unpaired) electrons. The maximum atomic E-state index is 12.5. The van der Waals surface area contributed by atoms with Gasteiger partial charge in [0.25, 0.3) is 11.6 Å². The molecule has 1 aromatic heterocycles. The molecule has 1 saturated heterocycles. The van der Waals surface area contributed by atoms with Crippen LogP contribution in [0.5, 0.6) is 0 Å². The predicted octanol–water partition coefficient (Wildman–Crippen LogP) is 3.87. The molecule has 9 nitrogen and oxygen atoms in total. The number of halogens is 1. The molecule has 4 rings (SSSR count). The highest BCUT2D eigenvalue weighted by Gasteiger charge is 2.34. The van der Waals surface area contributed by atoms with Crippen molar-refractivity contribution < 1.29 is 14.5 Å². The molecule has 2 heterocycles. The molecule has 1 N–H and O–H groups in total. The Hall–Kier alpha value is -3.37. The second kappa shape index (κ2) is 8.17. The molecule has 2 amide bonds. The van der Waals surface area contributed by atoms with Gasteiger partial charge in [-0.3, -0.25) is 25.0 Å². The number of nitrogens with one attached hydrogen (secondary N) is 1. The van der Waals surface area contributed by atoms with Gasteiger partial charge < -0.3 is 4.90 Å². The lowest BCUT2D eigenvalue weighted by Gasteiger charge is -2.15. The Labute approximate surface area is 179 Å². The van der Waals surface area contributed by atoms with Crippen LogP contribution in [0, 0.1) is 10.1 Å². The normalized spacial score (nSPS) is 16.0. The minimum Gasteiger partial charge on any atom is -0.312 e. The van der Waals surface area contributed by atoms with Crippen LogP contribution in [0.1, 0.15) is 27.7 Å². The number of anilines is 2. The Balaban J connectivity index is 1.47. The molecule has 2 aromatic carbocycles. The Morgan fingerprint density at radius 1 is 1.23 bits per heavy atom. The van der Waals surface area contributed by atoms with E-state index in [1.54, 1.807) is 4.90 Å². The van der Waals surface area contributed by atoms with Crippen molar-refractivity contribution in [3.05, 3.63) is 74.2 Å². The van der Waals surface area contributed by atoms with Crippen molar-refractivity contribution in [3.8, 4) is 0 Å². The van der Waals surface area contributed by atoms with Crippen LogP contribution in [0.25, 0.3) is 0 Å². The van der Waals surface area contributed by atoms with Crippen molar-refractivity contribution >= 4 is 51.3 Å². The van der Waals surface area contributed by atoms with Crippen molar-refractivity contribution in [1.82, 2.24) is 10.2 Å². The van der Waals surface area contributed by atoms with E-state index < -0.39 is 10.8 Å². The lowest BCUT2D eigenvalue weighted by Crippen LogP contribution is -2.24. The number of benzene rings is 2. The second-order valence-electron chi connectivity index (χ2n) is 6.56. The zero-order valence-electron chi connectivity index (χ0n) is 15.3. The third kappa shape index (κ3) is 4.00. The summed E-state index contributed by atoms with van der Waals surface area (Å²) in [5, 5.41) is 22.5. The molecule has 3 aromatic rings. The van der Waals surface area contributed by atoms with Crippen LogP contribution in [-0.2, 0) is 4.79 Å². The van der Waals surface area contributed by atoms with Gasteiger partial charge >= 0.3 is 0 Å². The van der Waals surface area contributed by atoms with Crippen LogP contribution in [0.2, 0.25) is 5.02 Å². The van der Waals surface area contributed by atoms with Gasteiger partial charge in [0.05, 0.1) is 15.5 Å². The number of amides is 2. The molecular weight excluding hydrogens is 430 g/mol. The fraction of sp³-hybridized carbons (Fsp3) is 0.158. The van der Waals surface area contributed by atoms with Gasteiger partial charge in [0, 0.05) is 36.7 Å². The third-order valence-corrected chi connectivity index (χ3v) is 5.94. The van der Waals surface area contributed by atoms with Gasteiger partial charge in [0.1, 0.15) is 5.01 Å². The summed E-state index contributed by atoms with van der Waals surface area (Å²) >= 11 is 7.16. The van der Waals surface area contributed by atoms with E-state index >= 15 is 0 Å². The number of rotatable bonds is 5. The molecule has 1 atom stereocenters. The van der Waals surface area contributed by atoms with E-state index in [1.165, 1.54) is 12.1 Å². The van der Waals surface area contributed by atoms with E-state index in [0.717, 1.165) is 23.1 Å². The maximum Gasteiger partial charge on any atom is 0.270 e. The van der Waals surface area contributed by atoms with Gasteiger partial charge in [-0.05, 0) is 18.2 Å². The molecule has 0 aliphatic carbocycles. The largest absolute Gasteiger partial charge is 0.312 e. The van der Waals surface area contributed by atoms with Crippen molar-refractivity contribution in [2.24, 2.45) is 0 Å². The Morgan fingerprint density at radius 3 is 2.73 bits per heavy atom. The van der Waals surface area contributed by atoms with Gasteiger partial charge in [0.2, 0.25) is 11.0 Å². The number of carbonyl (C=O) groups excluding carboxylic acids is 2. The Kier molecular flexibility index (Phi) is 5.42. The number of nitrogens with zero attached hydrogens (tertiary/aromatic N) is 4. The zero-order valence-corrected chi connectivity index (χ0v) is 16.9. The van der Waals surface area contributed by atoms with Crippen molar-refractivity contribution in [1.29, 1.82) is 0 Å². The SMILES string of the molecule is O=C(Nc1nnc(C2CC(=O)N(c3ccccc3)C2)s1)c1cc([N+](=O)[O-])ccc1Cl. The highest BCUT2D eigenvalue weighted by Crippen LogP contribution is 2.34. The van der Waals surface area contributed by atoms with Crippen LogP contribution in [0.15, 0.2) is 48.5 Å². The smallest absolute Gasteiger partial charge is 0.270 e. The molecule has 30 heavy (non-hydrogen) atoms. The lowest BCUT2D eigenvalue weighted by molar-refractivity contribution is -0.384. The highest BCUT2D eigenvalue weighted by molar-refractivity contribution is 7.15. The number of non-ortho nitro benzene ring substituents is 1. The Morgan fingerprint density at radius 2 is 2.00 bits per heavy atom. The quantitative estimate of drug-likeness (QED) is 0.472. The van der Waals surface area contributed by atoms with Crippen LogP contribution in [0.3, 0.4) is 0 Å². The fourth-order valence-corrected chi connectivity index (χ4v) is 4.18. The molecule has 1 unspecified atom stereocenters. The Bertz CT molecular complexity index is 1140. The molecule has 11 heteroatoms. The van der Waals surface area contributed by atoms with Crippen LogP contribution >= 0.6 is 22.9 Å². The first-order valence-electron chi connectivity index (χ1n) is 8.86. The van der Waals surface area contributed by atoms with E-state index in [9.17, 15) is 19.7 Å². The summed E-state index contributed by atoms with van der Waals surface area (Å²) in [4.78, 5) is 36.9. The van der Waals surface area contributed by atoms with Gasteiger partial charge in [-0.1, -0.05) is 41.1 Å². The standard InChI is InChI=1S/C19H14ClN5O4S/c20-15-7-6-13(25(28)29)9-14(15)17(27)21-19-23-22-18(30-19)11-8-16(26)24(10-11)12-4-2-1-3-5-12/h1-7,9,11H,8,10H2,(H,21,23,27). The van der Waals surface area contributed by atoms with Crippen LogP contribution in [-0.4, -0.2) is 33.5 Å². The minimum atomic E-state index is -0.625. The lowest BCUT2D eigenvalue weighted by atomic mass is 10.1. The topological polar surface area (TPSA) is 118 Å². The number of para-hydroxylation sites is 1. The number of hydrogen-bond donors (Lipinski definition) is 1. The number of nitro benzene ring substituents is 1. The molecule has 1 aliphatic rings. The average Bonchev–Trinajstić information content (AvgIpc) is 3.35. The highest BCUT2D eigenvalue weighted by atomic mass is 35.5. The van der Waals surface area contributed by atoms with Gasteiger partial charge in [-0.2, -0.15) is 0 Å². The number of aromatic nitrogens is 2. The molecule has 152 valence electrons. The van der Waals surface area contributed by atoms with Crippen LogP contribution in [0.4, 0.5) is 16.5 Å². The first-order chi connectivity index (χ1) is 14.4. The summed E-state index contributed by atoms with van der Waals surface area (Å²) in [6.45, 7) is 0.474. The van der Waals surface area contributed by atoms with E-state index in [-0.39, 0.29) is 33.2 Å². The summed E-state index contributed by atoms with van der Waals surface area (Å²) in [6.07, 6.45) is 0.300. The van der Waals surface area contributed by atoms with Crippen molar-refractivity contribution in [2.75, 3.05) is 16.8 Å². The van der Waals surface area contributed by atoms with Gasteiger partial charge in [-0.25, -0.2) is 0 Å². The van der Waals surface area contributed by atoms with Gasteiger partial charge in [0.15, 0.2) is 0 Å². The van der Waals surface area contributed by atoms with Crippen molar-refractivity contribution in [2.45, 2.75) is 12.3 Å². The molecule has 0 spiro atoms. The maximum absolute atomic E-state index is 12.5. The number of nitro groups is 1. The zero-order chi connectivity index (χ0) is 21.3. The third-order valence-electron chi connectivity index (χ3n) is 4.61. The fourth-order valence-electron chi connectivity index (χ4n) is 3.15. The first kappa shape index (κ1) is 19.9. The number of hydrogen-bond acceptors (Lipinski definition) is 7. The monoisotopic (exact) mass is 443 g/mol. The van der Waals surface area contributed by atoms with E-state index in [0.29, 0.717) is 18.0 Å². The average molecular weight is 444 g/mol. The van der Waals surface area contributed by atoms with E-state index in [2.05, 4.69) is 15.5 Å². The molecule has 0 saturated carbocycles. The summed E-state index contributed by atoms with van der Waals surface area (Å²) < 4.78 is 0. The van der Waals surface area contributed by atoms with Gasteiger partial charge in [-0.15, -0.1) is 10.2 Å². The minimum absolute atomic E-state index is 0.00429. The molecular formula is C19H14ClN5O4S. The molecule has 1 fully saturated rings. The van der Waals surface area contributed by atoms with Crippen molar-refractivity contribution in [3.63, 3.8) is 0 Å². The number of carbonyl (C=O) groups is 2. The van der Waals surface area contributed by atoms with E-state index in [1.807, 2.05) is 30.3 Å². The predicted molar refractivity (Wildman–Crippen MR) is 112 cm³/mol. The van der Waals surface area contributed by atoms with E-state index in [4.69, 9.17) is 11.6 Å². The summed E-state index contributed by atoms with van der Waals surface area (Å²) in [5.74, 6) is -0.766. The summed E-state index contributed by atoms with van der Waals surface area (Å²) in [7, 11) is 0. The first-order valence-corrected chi connectivity index (χ1v) is 10.1. The molecule has 1 aliphatic heterocycles. The molecule has 0 bridgehead atoms. The second-order valence-corrected chi connectivity index (χ2v) is 7.98. The summed E-state index contributed by atoms with van der Waals surface area (Å²) in [6, 6.07) is 13.0.